The predicted octanol–water partition coefficient (Wildman–Crippen LogP) is 5.31. The minimum absolute atomic E-state index is 0.125. The average Bonchev–Trinajstić information content (AvgIpc) is 2.64. The van der Waals surface area contributed by atoms with Gasteiger partial charge in [-0.1, -0.05) is 96.8 Å². The summed E-state index contributed by atoms with van der Waals surface area (Å²) in [7, 11) is 0. The molecule has 0 aliphatic heterocycles. The van der Waals surface area contributed by atoms with Crippen molar-refractivity contribution in [1.29, 1.82) is 0 Å². The Morgan fingerprint density at radius 3 is 1.26 bits per heavy atom. The number of carbonyl (C=O) groups excluding carboxylic acids is 2. The Morgan fingerprint density at radius 2 is 0.963 bits per heavy atom. The first-order valence-corrected chi connectivity index (χ1v) is 11.0. The Morgan fingerprint density at radius 1 is 0.630 bits per heavy atom. The highest BCUT2D eigenvalue weighted by atomic mass is 16.6. The molecule has 5 heteroatoms. The Hall–Kier alpha value is -0.940. The number of unbranched alkanes of at least 4 members (excludes halogenated alkanes) is 14. The van der Waals surface area contributed by atoms with Crippen molar-refractivity contribution in [3.63, 3.8) is 0 Å². The van der Waals surface area contributed by atoms with Gasteiger partial charge in [0.25, 0.3) is 0 Å². The Bertz CT molecular complexity index is 316. The van der Waals surface area contributed by atoms with Gasteiger partial charge in [0.1, 0.15) is 0 Å². The van der Waals surface area contributed by atoms with Crippen LogP contribution in [-0.2, 0) is 14.3 Å². The number of hydrogen-bond acceptors (Lipinski definition) is 5. The fourth-order valence-corrected chi connectivity index (χ4v) is 2.85. The van der Waals surface area contributed by atoms with Gasteiger partial charge >= 0.3 is 11.9 Å². The second kappa shape index (κ2) is 25.1. The number of aliphatic hydroxyl groups excluding tert-OH is 2. The summed E-state index contributed by atoms with van der Waals surface area (Å²) in [6, 6.07) is 0. The van der Waals surface area contributed by atoms with E-state index in [1.54, 1.807) is 0 Å². The summed E-state index contributed by atoms with van der Waals surface area (Å²) >= 11 is 0. The van der Waals surface area contributed by atoms with E-state index in [-0.39, 0.29) is 19.2 Å². The molecular formula is C22H44O5. The molecular weight excluding hydrogens is 344 g/mol. The molecule has 0 fully saturated rings. The zero-order valence-corrected chi connectivity index (χ0v) is 17.8. The fourth-order valence-electron chi connectivity index (χ4n) is 2.85. The van der Waals surface area contributed by atoms with Crippen molar-refractivity contribution in [3.05, 3.63) is 0 Å². The van der Waals surface area contributed by atoms with E-state index in [9.17, 15) is 9.59 Å². The molecule has 0 saturated carbocycles. The van der Waals surface area contributed by atoms with E-state index in [2.05, 4.69) is 11.7 Å². The van der Waals surface area contributed by atoms with Crippen molar-refractivity contribution in [1.82, 2.24) is 0 Å². The van der Waals surface area contributed by atoms with Gasteiger partial charge in [-0.3, -0.25) is 9.59 Å². The van der Waals surface area contributed by atoms with Gasteiger partial charge in [0.2, 0.25) is 0 Å². The lowest BCUT2D eigenvalue weighted by Gasteiger charge is -2.03. The molecule has 5 nitrogen and oxygen atoms in total. The van der Waals surface area contributed by atoms with Crippen LogP contribution in [0, 0.1) is 0 Å². The summed E-state index contributed by atoms with van der Waals surface area (Å²) < 4.78 is 4.49. The molecule has 0 atom stereocenters. The molecule has 2 N–H and O–H groups in total. The van der Waals surface area contributed by atoms with Crippen LogP contribution in [0.3, 0.4) is 0 Å². The molecule has 0 saturated heterocycles. The SMILES string of the molecule is CCCCCCCCCCCCCCCCCC(=O)OC(C)=O.OCCO. The summed E-state index contributed by atoms with van der Waals surface area (Å²) in [4.78, 5) is 21.7. The lowest BCUT2D eigenvalue weighted by Crippen LogP contribution is -2.08. The fraction of sp³-hybridized carbons (Fsp3) is 0.909. The minimum Gasteiger partial charge on any atom is -0.394 e. The van der Waals surface area contributed by atoms with Crippen LogP contribution < -0.4 is 0 Å². The van der Waals surface area contributed by atoms with Gasteiger partial charge in [0, 0.05) is 13.3 Å². The van der Waals surface area contributed by atoms with Gasteiger partial charge in [-0.2, -0.15) is 0 Å². The van der Waals surface area contributed by atoms with E-state index in [0.717, 1.165) is 12.8 Å². The maximum absolute atomic E-state index is 11.1. The average molecular weight is 389 g/mol. The quantitative estimate of drug-likeness (QED) is 0.200. The monoisotopic (exact) mass is 388 g/mol. The van der Waals surface area contributed by atoms with E-state index in [4.69, 9.17) is 10.2 Å². The van der Waals surface area contributed by atoms with Crippen molar-refractivity contribution in [2.45, 2.75) is 117 Å². The number of hydrogen-bond donors (Lipinski definition) is 2. The molecule has 0 aliphatic carbocycles. The molecule has 0 aliphatic rings. The molecule has 0 aromatic rings. The molecule has 0 amide bonds. The number of aliphatic hydroxyl groups is 2. The van der Waals surface area contributed by atoms with Gasteiger partial charge in [0.15, 0.2) is 0 Å². The van der Waals surface area contributed by atoms with Gasteiger partial charge < -0.3 is 14.9 Å². The standard InChI is InChI=1S/C20H38O3.C2H6O2/c1-3-4-5-6-7-8-9-10-11-12-13-14-15-16-17-18-20(22)23-19(2)21;3-1-2-4/h3-18H2,1-2H3;3-4H,1-2H2. The number of esters is 2. The van der Waals surface area contributed by atoms with E-state index in [1.165, 1.54) is 90.4 Å². The number of carbonyl (C=O) groups is 2. The molecule has 0 heterocycles. The molecule has 0 bridgehead atoms. The zero-order valence-electron chi connectivity index (χ0n) is 17.8. The van der Waals surface area contributed by atoms with Crippen LogP contribution in [-0.4, -0.2) is 35.4 Å². The Balaban J connectivity index is 0. The molecule has 27 heavy (non-hydrogen) atoms. The molecule has 0 aromatic carbocycles. The first kappa shape index (κ1) is 28.3. The normalized spacial score (nSPS) is 10.2. The van der Waals surface area contributed by atoms with Gasteiger partial charge in [-0.15, -0.1) is 0 Å². The van der Waals surface area contributed by atoms with Crippen molar-refractivity contribution in [2.24, 2.45) is 0 Å². The maximum atomic E-state index is 11.1. The summed E-state index contributed by atoms with van der Waals surface area (Å²) in [5.74, 6) is -0.886. The van der Waals surface area contributed by atoms with Crippen molar-refractivity contribution in [3.8, 4) is 0 Å². The highest BCUT2D eigenvalue weighted by Gasteiger charge is 2.04. The van der Waals surface area contributed by atoms with Crippen LogP contribution >= 0.6 is 0 Å². The molecule has 0 spiro atoms. The Kier molecular flexibility index (Phi) is 26.2. The van der Waals surface area contributed by atoms with E-state index < -0.39 is 5.97 Å². The summed E-state index contributed by atoms with van der Waals surface area (Å²) in [6.45, 7) is 3.28. The van der Waals surface area contributed by atoms with Gasteiger partial charge in [-0.25, -0.2) is 0 Å². The number of ether oxygens (including phenoxy) is 1. The lowest BCUT2D eigenvalue weighted by molar-refractivity contribution is -0.158. The molecule has 162 valence electrons. The highest BCUT2D eigenvalue weighted by molar-refractivity contribution is 5.83. The lowest BCUT2D eigenvalue weighted by atomic mass is 10.0. The van der Waals surface area contributed by atoms with Crippen LogP contribution in [0.1, 0.15) is 117 Å². The minimum atomic E-state index is -0.504. The Labute approximate surface area is 166 Å². The second-order valence-electron chi connectivity index (χ2n) is 7.11. The molecule has 0 unspecified atom stereocenters. The first-order chi connectivity index (χ1) is 13.1. The molecule has 0 rings (SSSR count). The largest absolute Gasteiger partial charge is 0.394 e. The van der Waals surface area contributed by atoms with E-state index >= 15 is 0 Å². The third-order valence-corrected chi connectivity index (χ3v) is 4.34. The van der Waals surface area contributed by atoms with E-state index in [0.29, 0.717) is 6.42 Å². The van der Waals surface area contributed by atoms with Crippen LogP contribution in [0.25, 0.3) is 0 Å². The maximum Gasteiger partial charge on any atom is 0.313 e. The first-order valence-electron chi connectivity index (χ1n) is 11.0. The number of rotatable bonds is 17. The van der Waals surface area contributed by atoms with Gasteiger partial charge in [-0.05, 0) is 6.42 Å². The van der Waals surface area contributed by atoms with Crippen molar-refractivity contribution < 1.29 is 24.5 Å². The highest BCUT2D eigenvalue weighted by Crippen LogP contribution is 2.13. The van der Waals surface area contributed by atoms with Gasteiger partial charge in [0.05, 0.1) is 13.2 Å². The van der Waals surface area contributed by atoms with Crippen LogP contribution in [0.2, 0.25) is 0 Å². The topological polar surface area (TPSA) is 83.8 Å². The summed E-state index contributed by atoms with van der Waals surface area (Å²) in [5.41, 5.74) is 0. The second-order valence-corrected chi connectivity index (χ2v) is 7.11. The smallest absolute Gasteiger partial charge is 0.313 e. The summed E-state index contributed by atoms with van der Waals surface area (Å²) in [5, 5.41) is 15.2. The predicted molar refractivity (Wildman–Crippen MR) is 110 cm³/mol. The van der Waals surface area contributed by atoms with Crippen LogP contribution in [0.4, 0.5) is 0 Å². The third kappa shape index (κ3) is 30.0. The van der Waals surface area contributed by atoms with Crippen LogP contribution in [0.15, 0.2) is 0 Å². The molecule has 0 radical (unpaired) electrons. The zero-order chi connectivity index (χ0) is 20.6. The van der Waals surface area contributed by atoms with Crippen LogP contribution in [0.5, 0.6) is 0 Å². The molecule has 0 aromatic heterocycles. The van der Waals surface area contributed by atoms with Crippen molar-refractivity contribution >= 4 is 11.9 Å². The third-order valence-electron chi connectivity index (χ3n) is 4.34. The van der Waals surface area contributed by atoms with Crippen molar-refractivity contribution in [2.75, 3.05) is 13.2 Å². The summed E-state index contributed by atoms with van der Waals surface area (Å²) in [6.07, 6.45) is 20.0. The van der Waals surface area contributed by atoms with E-state index in [1.807, 2.05) is 0 Å².